The Morgan fingerprint density at radius 2 is 0.957 bits per heavy atom. The molecule has 0 N–H and O–H groups in total. The highest BCUT2D eigenvalue weighted by molar-refractivity contribution is 6.26. The number of nitrogens with zero attached hydrogens (tertiary/aromatic N) is 5. The molecule has 1 aliphatic rings. The first-order valence-corrected chi connectivity index (χ1v) is 23.9. The fraction of sp³-hybridized carbons (Fsp3) is 0.0312. The highest BCUT2D eigenvalue weighted by Crippen LogP contribution is 2.41. The van der Waals surface area contributed by atoms with Crippen LogP contribution in [0.15, 0.2) is 223 Å². The first-order chi connectivity index (χ1) is 34.7. The molecule has 0 spiro atoms. The van der Waals surface area contributed by atoms with Crippen LogP contribution in [0.5, 0.6) is 0 Å². The normalized spacial score (nSPS) is 14.1. The van der Waals surface area contributed by atoms with Gasteiger partial charge in [0.25, 0.3) is 0 Å². The smallest absolute Gasteiger partial charge is 0.164 e. The van der Waals surface area contributed by atoms with Gasteiger partial charge in [0.2, 0.25) is 0 Å². The summed E-state index contributed by atoms with van der Waals surface area (Å²) in [6, 6.07) is 71.3. The van der Waals surface area contributed by atoms with Crippen LogP contribution in [0.4, 0.5) is 0 Å². The summed E-state index contributed by atoms with van der Waals surface area (Å²) >= 11 is 0. The SMILES string of the molecule is C1=CC(c2ccc3c(c2)c2ccccc2n2c4ccccc4nc32)CC(c2nc(-c3cccc(-c4ccc5c6ccccc6c6ccccc6c5c4)c3)nc(-c3ccc4c(c3)oc3ccccc34)n2)=C1. The molecule has 4 heterocycles. The van der Waals surface area contributed by atoms with Crippen molar-refractivity contribution in [1.82, 2.24) is 24.3 Å². The second-order valence-electron chi connectivity index (χ2n) is 18.5. The van der Waals surface area contributed by atoms with Crippen molar-refractivity contribution in [2.45, 2.75) is 12.3 Å². The number of aromatic nitrogens is 5. The molecule has 4 aromatic heterocycles. The Balaban J connectivity index is 0.850. The lowest BCUT2D eigenvalue weighted by atomic mass is 9.86. The molecule has 0 radical (unpaired) electrons. The van der Waals surface area contributed by atoms with Gasteiger partial charge in [-0.15, -0.1) is 0 Å². The van der Waals surface area contributed by atoms with Gasteiger partial charge in [-0.25, -0.2) is 19.9 Å². The summed E-state index contributed by atoms with van der Waals surface area (Å²) in [6.45, 7) is 0. The van der Waals surface area contributed by atoms with Crippen molar-refractivity contribution in [2.24, 2.45) is 0 Å². The number of pyridine rings is 1. The van der Waals surface area contributed by atoms with Gasteiger partial charge in [-0.3, -0.25) is 4.40 Å². The van der Waals surface area contributed by atoms with E-state index in [1.807, 2.05) is 18.2 Å². The summed E-state index contributed by atoms with van der Waals surface area (Å²) in [6.07, 6.45) is 7.35. The summed E-state index contributed by atoms with van der Waals surface area (Å²) in [5, 5.41) is 13.2. The van der Waals surface area contributed by atoms with Gasteiger partial charge in [0, 0.05) is 38.6 Å². The van der Waals surface area contributed by atoms with Crippen LogP contribution in [-0.2, 0) is 0 Å². The Morgan fingerprint density at radius 3 is 1.77 bits per heavy atom. The predicted molar refractivity (Wildman–Crippen MR) is 288 cm³/mol. The molecule has 70 heavy (non-hydrogen) atoms. The standard InChI is InChI=1S/C64H39N5O/c1-2-19-47-45(17-1)46-18-3-4-20-48(46)54-35-40(27-30-49(47)54)38-13-11-15-42(33-38)61-66-62(68-63(67-61)44-29-31-52-51-22-6-10-26-59(51)70-60(52)37-44)43-16-12-14-39(34-43)41-28-32-53-55(36-41)50-21-5-8-24-57(50)69-58-25-9-7-23-56(58)65-64(53)69/h1-33,35-37,39H,34H2. The highest BCUT2D eigenvalue weighted by Gasteiger charge is 2.22. The van der Waals surface area contributed by atoms with E-state index in [0.29, 0.717) is 17.5 Å². The van der Waals surface area contributed by atoms with Gasteiger partial charge in [0.15, 0.2) is 17.5 Å². The van der Waals surface area contributed by atoms with Crippen LogP contribution >= 0.6 is 0 Å². The average Bonchev–Trinajstić information content (AvgIpc) is 4.02. The fourth-order valence-corrected chi connectivity index (χ4v) is 11.2. The fourth-order valence-electron chi connectivity index (χ4n) is 11.2. The van der Waals surface area contributed by atoms with Gasteiger partial charge < -0.3 is 4.42 Å². The van der Waals surface area contributed by atoms with E-state index >= 15 is 0 Å². The lowest BCUT2D eigenvalue weighted by molar-refractivity contribution is 0.669. The largest absolute Gasteiger partial charge is 0.456 e. The zero-order valence-corrected chi connectivity index (χ0v) is 37.7. The van der Waals surface area contributed by atoms with Gasteiger partial charge in [0.1, 0.15) is 16.8 Å². The van der Waals surface area contributed by atoms with E-state index in [0.717, 1.165) is 83.8 Å². The van der Waals surface area contributed by atoms with E-state index in [9.17, 15) is 0 Å². The minimum absolute atomic E-state index is 0.0956. The molecule has 326 valence electrons. The van der Waals surface area contributed by atoms with Crippen LogP contribution in [0, 0.1) is 0 Å². The van der Waals surface area contributed by atoms with E-state index < -0.39 is 0 Å². The lowest BCUT2D eigenvalue weighted by Gasteiger charge is -2.20. The summed E-state index contributed by atoms with van der Waals surface area (Å²) < 4.78 is 8.69. The highest BCUT2D eigenvalue weighted by atomic mass is 16.3. The molecule has 14 aromatic rings. The molecular formula is C64H39N5O. The van der Waals surface area contributed by atoms with Crippen molar-refractivity contribution >= 4 is 98.2 Å². The number of allylic oxidation sites excluding steroid dienone is 4. The van der Waals surface area contributed by atoms with Crippen LogP contribution in [0.25, 0.3) is 132 Å². The van der Waals surface area contributed by atoms with E-state index in [-0.39, 0.29) is 5.92 Å². The van der Waals surface area contributed by atoms with Gasteiger partial charge in [0.05, 0.1) is 16.6 Å². The lowest BCUT2D eigenvalue weighted by Crippen LogP contribution is -2.07. The maximum Gasteiger partial charge on any atom is 0.164 e. The Morgan fingerprint density at radius 1 is 0.386 bits per heavy atom. The quantitative estimate of drug-likeness (QED) is 0.161. The molecule has 10 aromatic carbocycles. The van der Waals surface area contributed by atoms with E-state index in [4.69, 9.17) is 24.4 Å². The Labute approximate surface area is 401 Å². The van der Waals surface area contributed by atoms with Gasteiger partial charge in [-0.1, -0.05) is 164 Å². The number of para-hydroxylation sites is 4. The van der Waals surface area contributed by atoms with Crippen molar-refractivity contribution in [1.29, 1.82) is 0 Å². The van der Waals surface area contributed by atoms with Gasteiger partial charge in [-0.05, 0) is 121 Å². The third-order valence-electron chi connectivity index (χ3n) is 14.5. The first kappa shape index (κ1) is 38.8. The number of furan rings is 1. The van der Waals surface area contributed by atoms with Crippen molar-refractivity contribution in [3.63, 3.8) is 0 Å². The summed E-state index contributed by atoms with van der Waals surface area (Å²) in [4.78, 5) is 21.0. The van der Waals surface area contributed by atoms with E-state index in [1.165, 1.54) is 48.7 Å². The molecule has 1 unspecified atom stereocenters. The molecule has 1 aliphatic carbocycles. The van der Waals surface area contributed by atoms with Crippen LogP contribution in [0.2, 0.25) is 0 Å². The van der Waals surface area contributed by atoms with Crippen molar-refractivity contribution < 1.29 is 4.42 Å². The first-order valence-electron chi connectivity index (χ1n) is 23.9. The third-order valence-corrected chi connectivity index (χ3v) is 14.5. The maximum absolute atomic E-state index is 6.38. The molecule has 0 aliphatic heterocycles. The Bertz CT molecular complexity index is 4560. The molecule has 0 amide bonds. The van der Waals surface area contributed by atoms with Crippen LogP contribution in [0.1, 0.15) is 23.7 Å². The van der Waals surface area contributed by atoms with E-state index in [2.05, 4.69) is 205 Å². The predicted octanol–water partition coefficient (Wildman–Crippen LogP) is 16.5. The molecular weight excluding hydrogens is 855 g/mol. The summed E-state index contributed by atoms with van der Waals surface area (Å²) in [7, 11) is 0. The second-order valence-corrected chi connectivity index (χ2v) is 18.5. The number of fused-ring (bicyclic) bond motifs is 17. The topological polar surface area (TPSA) is 69.1 Å². The zero-order valence-electron chi connectivity index (χ0n) is 37.7. The monoisotopic (exact) mass is 893 g/mol. The van der Waals surface area contributed by atoms with E-state index in [1.54, 1.807) is 0 Å². The number of hydrogen-bond donors (Lipinski definition) is 0. The molecule has 0 bridgehead atoms. The maximum atomic E-state index is 6.38. The third kappa shape index (κ3) is 5.99. The molecule has 0 saturated carbocycles. The van der Waals surface area contributed by atoms with Crippen LogP contribution < -0.4 is 0 Å². The Hall–Kier alpha value is -9.26. The molecule has 6 heteroatoms. The van der Waals surface area contributed by atoms with Gasteiger partial charge in [-0.2, -0.15) is 0 Å². The van der Waals surface area contributed by atoms with Crippen molar-refractivity contribution in [3.8, 4) is 33.9 Å². The molecule has 1 atom stereocenters. The van der Waals surface area contributed by atoms with Crippen LogP contribution in [0.3, 0.4) is 0 Å². The molecule has 0 saturated heterocycles. The number of hydrogen-bond acceptors (Lipinski definition) is 5. The Kier molecular flexibility index (Phi) is 8.38. The minimum atomic E-state index is 0.0956. The number of imidazole rings is 1. The average molecular weight is 894 g/mol. The van der Waals surface area contributed by atoms with Crippen molar-refractivity contribution in [3.05, 3.63) is 230 Å². The van der Waals surface area contributed by atoms with Gasteiger partial charge >= 0.3 is 0 Å². The number of benzene rings is 10. The summed E-state index contributed by atoms with van der Waals surface area (Å²) in [5.41, 5.74) is 12.2. The minimum Gasteiger partial charge on any atom is -0.456 e. The molecule has 0 fully saturated rings. The molecule has 6 nitrogen and oxygen atoms in total. The zero-order chi connectivity index (χ0) is 45.9. The second kappa shape index (κ2) is 15.1. The van der Waals surface area contributed by atoms with Crippen molar-refractivity contribution in [2.75, 3.05) is 0 Å². The number of rotatable bonds is 5. The van der Waals surface area contributed by atoms with Crippen LogP contribution in [-0.4, -0.2) is 24.3 Å². The summed E-state index contributed by atoms with van der Waals surface area (Å²) in [5.74, 6) is 1.96. The molecule has 15 rings (SSSR count).